The highest BCUT2D eigenvalue weighted by atomic mass is 32.1. The predicted octanol–water partition coefficient (Wildman–Crippen LogP) is 3.08. The number of anilines is 1. The van der Waals surface area contributed by atoms with Crippen molar-refractivity contribution in [3.63, 3.8) is 0 Å². The first-order valence-electron chi connectivity index (χ1n) is 5.02. The van der Waals surface area contributed by atoms with Gasteiger partial charge in [0, 0.05) is 22.5 Å². The monoisotopic (exact) mass is 245 g/mol. The minimum atomic E-state index is -0.243. The third kappa shape index (κ3) is 1.64. The van der Waals surface area contributed by atoms with Crippen LogP contribution in [0.15, 0.2) is 36.4 Å². The summed E-state index contributed by atoms with van der Waals surface area (Å²) in [6, 6.07) is 10.4. The minimum Gasteiger partial charge on any atom is -0.374 e. The fourth-order valence-electron chi connectivity index (χ4n) is 1.80. The Bertz CT molecular complexity index is 693. The zero-order valence-electron chi connectivity index (χ0n) is 8.72. The number of rotatable bonds is 1. The zero-order valence-corrected chi connectivity index (χ0v) is 9.54. The van der Waals surface area contributed by atoms with Crippen molar-refractivity contribution >= 4 is 27.4 Å². The molecule has 0 saturated carbocycles. The average molecular weight is 245 g/mol. The molecule has 0 unspecified atom stereocenters. The van der Waals surface area contributed by atoms with Crippen LogP contribution < -0.4 is 5.73 Å². The molecule has 0 aliphatic heterocycles. The molecule has 2 aromatic carbocycles. The number of nitrogen functional groups attached to an aromatic ring is 1. The molecular weight excluding hydrogens is 237 g/mol. The van der Waals surface area contributed by atoms with Crippen molar-refractivity contribution in [1.29, 1.82) is 0 Å². The highest BCUT2D eigenvalue weighted by molar-refractivity contribution is 7.09. The highest BCUT2D eigenvalue weighted by Crippen LogP contribution is 2.29. The molecule has 2 N–H and O–H groups in total. The number of fused-ring (bicyclic) bond motifs is 1. The number of hydrogen-bond donors (Lipinski definition) is 1. The van der Waals surface area contributed by atoms with Crippen LogP contribution in [0, 0.1) is 5.82 Å². The second kappa shape index (κ2) is 3.78. The van der Waals surface area contributed by atoms with Crippen LogP contribution in [0.25, 0.3) is 22.2 Å². The summed E-state index contributed by atoms with van der Waals surface area (Å²) in [5.41, 5.74) is 6.36. The highest BCUT2D eigenvalue weighted by Gasteiger charge is 2.10. The molecule has 0 aliphatic rings. The molecule has 84 valence electrons. The molecule has 0 atom stereocenters. The topological polar surface area (TPSA) is 51.8 Å². The van der Waals surface area contributed by atoms with Crippen molar-refractivity contribution < 1.29 is 4.39 Å². The third-order valence-corrected chi connectivity index (χ3v) is 3.10. The quantitative estimate of drug-likeness (QED) is 0.716. The molecule has 0 fully saturated rings. The maximum atomic E-state index is 13.6. The molecule has 0 saturated heterocycles. The van der Waals surface area contributed by atoms with Gasteiger partial charge in [-0.25, -0.2) is 4.39 Å². The normalized spacial score (nSPS) is 10.9. The van der Waals surface area contributed by atoms with Crippen molar-refractivity contribution in [2.24, 2.45) is 0 Å². The van der Waals surface area contributed by atoms with Gasteiger partial charge in [0.25, 0.3) is 0 Å². The van der Waals surface area contributed by atoms with E-state index >= 15 is 0 Å². The van der Waals surface area contributed by atoms with Gasteiger partial charge in [0.05, 0.1) is 0 Å². The van der Waals surface area contributed by atoms with E-state index in [1.54, 1.807) is 18.2 Å². The lowest BCUT2D eigenvalue weighted by molar-refractivity contribution is 0.640. The van der Waals surface area contributed by atoms with Crippen molar-refractivity contribution in [3.05, 3.63) is 42.2 Å². The van der Waals surface area contributed by atoms with Crippen LogP contribution in [-0.4, -0.2) is 9.36 Å². The van der Waals surface area contributed by atoms with Crippen molar-refractivity contribution in [2.75, 3.05) is 5.73 Å². The van der Waals surface area contributed by atoms with Crippen LogP contribution in [0.5, 0.6) is 0 Å². The molecule has 5 heteroatoms. The van der Waals surface area contributed by atoms with E-state index in [0.29, 0.717) is 16.3 Å². The fraction of sp³-hybridized carbons (Fsp3) is 0. The van der Waals surface area contributed by atoms with Crippen LogP contribution in [0.1, 0.15) is 0 Å². The molecule has 1 heterocycles. The summed E-state index contributed by atoms with van der Waals surface area (Å²) in [6.07, 6.45) is 0. The molecule has 0 amide bonds. The van der Waals surface area contributed by atoms with Gasteiger partial charge in [-0.2, -0.15) is 9.36 Å². The molecule has 0 aliphatic carbocycles. The summed E-state index contributed by atoms with van der Waals surface area (Å²) in [7, 11) is 0. The first kappa shape index (κ1) is 10.2. The Morgan fingerprint density at radius 2 is 1.82 bits per heavy atom. The number of benzene rings is 2. The van der Waals surface area contributed by atoms with Crippen molar-refractivity contribution in [3.8, 4) is 11.4 Å². The minimum absolute atomic E-state index is 0.243. The molecule has 3 nitrogen and oxygen atoms in total. The maximum Gasteiger partial charge on any atom is 0.200 e. The first-order chi connectivity index (χ1) is 8.25. The van der Waals surface area contributed by atoms with Gasteiger partial charge in [0.15, 0.2) is 11.0 Å². The van der Waals surface area contributed by atoms with E-state index in [1.807, 2.05) is 12.1 Å². The Labute approximate surface area is 101 Å². The number of aromatic nitrogens is 2. The number of hydrogen-bond acceptors (Lipinski definition) is 4. The van der Waals surface area contributed by atoms with Gasteiger partial charge >= 0.3 is 0 Å². The van der Waals surface area contributed by atoms with Crippen LogP contribution in [0.3, 0.4) is 0 Å². The Balaban J connectivity index is 2.34. The lowest BCUT2D eigenvalue weighted by Gasteiger charge is -2.03. The molecule has 1 aromatic heterocycles. The van der Waals surface area contributed by atoms with Crippen molar-refractivity contribution in [1.82, 2.24) is 9.36 Å². The molecule has 17 heavy (non-hydrogen) atoms. The summed E-state index contributed by atoms with van der Waals surface area (Å²) in [5.74, 6) is 0.302. The van der Waals surface area contributed by atoms with E-state index in [4.69, 9.17) is 5.73 Å². The van der Waals surface area contributed by atoms with Gasteiger partial charge in [0.2, 0.25) is 0 Å². The molecule has 0 radical (unpaired) electrons. The van der Waals surface area contributed by atoms with E-state index < -0.39 is 0 Å². The fourth-order valence-corrected chi connectivity index (χ4v) is 2.25. The zero-order chi connectivity index (χ0) is 11.8. The summed E-state index contributed by atoms with van der Waals surface area (Å²) < 4.78 is 17.8. The van der Waals surface area contributed by atoms with Crippen LogP contribution in [0.4, 0.5) is 9.52 Å². The van der Waals surface area contributed by atoms with E-state index in [2.05, 4.69) is 9.36 Å². The van der Waals surface area contributed by atoms with E-state index in [0.717, 1.165) is 22.5 Å². The molecule has 0 bridgehead atoms. The third-order valence-electron chi connectivity index (χ3n) is 2.55. The number of nitrogens with zero attached hydrogens (tertiary/aromatic N) is 2. The molecule has 0 spiro atoms. The van der Waals surface area contributed by atoms with E-state index in [9.17, 15) is 4.39 Å². The predicted molar refractivity (Wildman–Crippen MR) is 67.2 cm³/mol. The smallest absolute Gasteiger partial charge is 0.200 e. The summed E-state index contributed by atoms with van der Waals surface area (Å²) >= 11 is 1.13. The Morgan fingerprint density at radius 1 is 1.06 bits per heavy atom. The van der Waals surface area contributed by atoms with Gasteiger partial charge in [0.1, 0.15) is 5.82 Å². The second-order valence-electron chi connectivity index (χ2n) is 3.60. The van der Waals surface area contributed by atoms with E-state index in [1.165, 1.54) is 6.07 Å². The summed E-state index contributed by atoms with van der Waals surface area (Å²) in [6.45, 7) is 0. The van der Waals surface area contributed by atoms with E-state index in [-0.39, 0.29) is 5.82 Å². The van der Waals surface area contributed by atoms with Gasteiger partial charge < -0.3 is 5.73 Å². The summed E-state index contributed by atoms with van der Waals surface area (Å²) in [4.78, 5) is 4.12. The lowest BCUT2D eigenvalue weighted by atomic mass is 10.0. The summed E-state index contributed by atoms with van der Waals surface area (Å²) in [5, 5.41) is 1.78. The van der Waals surface area contributed by atoms with Gasteiger partial charge in [-0.1, -0.05) is 24.3 Å². The van der Waals surface area contributed by atoms with Crippen LogP contribution in [0.2, 0.25) is 0 Å². The first-order valence-corrected chi connectivity index (χ1v) is 5.80. The lowest BCUT2D eigenvalue weighted by Crippen LogP contribution is -1.87. The number of halogens is 1. The molecule has 3 rings (SSSR count). The molecule has 3 aromatic rings. The van der Waals surface area contributed by atoms with Gasteiger partial charge in [-0.15, -0.1) is 0 Å². The maximum absolute atomic E-state index is 13.6. The van der Waals surface area contributed by atoms with Crippen molar-refractivity contribution in [2.45, 2.75) is 0 Å². The van der Waals surface area contributed by atoms with Gasteiger partial charge in [-0.3, -0.25) is 0 Å². The number of nitrogens with two attached hydrogens (primary N) is 1. The average Bonchev–Trinajstić information content (AvgIpc) is 2.77. The molecular formula is C12H8FN3S. The standard InChI is InChI=1S/C12H8FN3S/c13-10-6-5-9(11-15-12(14)17-16-11)7-3-1-2-4-8(7)10/h1-6H,(H2,14,15,16). The van der Waals surface area contributed by atoms with Crippen LogP contribution in [-0.2, 0) is 0 Å². The largest absolute Gasteiger partial charge is 0.374 e. The van der Waals surface area contributed by atoms with Gasteiger partial charge in [-0.05, 0) is 17.5 Å². The Kier molecular flexibility index (Phi) is 2.26. The SMILES string of the molecule is Nc1nc(-c2ccc(F)c3ccccc23)ns1. The Morgan fingerprint density at radius 3 is 2.53 bits per heavy atom. The Hall–Kier alpha value is -2.01. The van der Waals surface area contributed by atoms with Crippen LogP contribution >= 0.6 is 11.5 Å². The second-order valence-corrected chi connectivity index (χ2v) is 4.38.